The van der Waals surface area contributed by atoms with Gasteiger partial charge < -0.3 is 10.1 Å². The van der Waals surface area contributed by atoms with Crippen molar-refractivity contribution in [1.29, 1.82) is 0 Å². The molecule has 1 aromatic rings. The lowest BCUT2D eigenvalue weighted by atomic mass is 9.92. The second-order valence-corrected chi connectivity index (χ2v) is 5.37. The Morgan fingerprint density at radius 3 is 2.88 bits per heavy atom. The van der Waals surface area contributed by atoms with E-state index in [2.05, 4.69) is 19.2 Å². The number of rotatable bonds is 3. The average Bonchev–Trinajstić information content (AvgIpc) is 2.27. The first kappa shape index (κ1) is 13.0. The first-order chi connectivity index (χ1) is 8.13. The van der Waals surface area contributed by atoms with Gasteiger partial charge in [-0.25, -0.2) is 0 Å². The van der Waals surface area contributed by atoms with Gasteiger partial charge in [0.15, 0.2) is 0 Å². The molecular formula is C13H17Cl2NO. The van der Waals surface area contributed by atoms with Crippen molar-refractivity contribution in [2.75, 3.05) is 13.2 Å². The Kier molecular flexibility index (Phi) is 4.18. The molecule has 0 saturated carbocycles. The molecule has 2 rings (SSSR count). The van der Waals surface area contributed by atoms with Gasteiger partial charge in [0, 0.05) is 22.5 Å². The Morgan fingerprint density at radius 2 is 2.18 bits per heavy atom. The molecule has 17 heavy (non-hydrogen) atoms. The maximum Gasteiger partial charge on any atom is 0.142 e. The van der Waals surface area contributed by atoms with Crippen LogP contribution in [-0.4, -0.2) is 13.2 Å². The number of nitrogens with one attached hydrogen (secondary N) is 1. The van der Waals surface area contributed by atoms with E-state index in [4.69, 9.17) is 27.9 Å². The lowest BCUT2D eigenvalue weighted by Crippen LogP contribution is -2.34. The molecule has 0 aliphatic carbocycles. The number of benzene rings is 1. The first-order valence-electron chi connectivity index (χ1n) is 5.98. The maximum atomic E-state index is 6.16. The van der Waals surface area contributed by atoms with Crippen molar-refractivity contribution in [2.45, 2.75) is 26.3 Å². The number of fused-ring (bicyclic) bond motifs is 1. The van der Waals surface area contributed by atoms with E-state index in [1.165, 1.54) is 0 Å². The SMILES string of the molecule is CCCNC1c2cc(Cl)cc(Cl)c2OCC1C. The zero-order valence-electron chi connectivity index (χ0n) is 10.1. The van der Waals surface area contributed by atoms with Crippen molar-refractivity contribution in [2.24, 2.45) is 5.92 Å². The molecule has 2 unspecified atom stereocenters. The molecule has 94 valence electrons. The highest BCUT2D eigenvalue weighted by molar-refractivity contribution is 6.35. The van der Waals surface area contributed by atoms with Gasteiger partial charge >= 0.3 is 0 Å². The lowest BCUT2D eigenvalue weighted by molar-refractivity contribution is 0.189. The van der Waals surface area contributed by atoms with Crippen molar-refractivity contribution in [1.82, 2.24) is 5.32 Å². The predicted octanol–water partition coefficient (Wildman–Crippen LogP) is 4.06. The molecule has 0 fully saturated rings. The summed E-state index contributed by atoms with van der Waals surface area (Å²) in [5.74, 6) is 1.20. The van der Waals surface area contributed by atoms with Gasteiger partial charge in [0.25, 0.3) is 0 Å². The number of hydrogen-bond donors (Lipinski definition) is 1. The third-order valence-electron chi connectivity index (χ3n) is 3.05. The minimum absolute atomic E-state index is 0.273. The van der Waals surface area contributed by atoms with Gasteiger partial charge in [-0.3, -0.25) is 0 Å². The summed E-state index contributed by atoms with van der Waals surface area (Å²) in [7, 11) is 0. The van der Waals surface area contributed by atoms with Crippen LogP contribution in [0.2, 0.25) is 10.0 Å². The van der Waals surface area contributed by atoms with Crippen molar-refractivity contribution < 1.29 is 4.74 Å². The fourth-order valence-corrected chi connectivity index (χ4v) is 2.76. The Labute approximate surface area is 112 Å². The van der Waals surface area contributed by atoms with Crippen molar-refractivity contribution >= 4 is 23.2 Å². The zero-order valence-corrected chi connectivity index (χ0v) is 11.6. The lowest BCUT2D eigenvalue weighted by Gasteiger charge is -2.33. The van der Waals surface area contributed by atoms with E-state index in [0.717, 1.165) is 24.3 Å². The molecule has 0 bridgehead atoms. The fourth-order valence-electron chi connectivity index (χ4n) is 2.19. The summed E-state index contributed by atoms with van der Waals surface area (Å²) in [6, 6.07) is 3.95. The van der Waals surface area contributed by atoms with Gasteiger partial charge in [-0.05, 0) is 25.1 Å². The molecule has 1 aliphatic heterocycles. The van der Waals surface area contributed by atoms with Crippen LogP contribution in [0.25, 0.3) is 0 Å². The minimum Gasteiger partial charge on any atom is -0.491 e. The summed E-state index contributed by atoms with van der Waals surface area (Å²) in [5.41, 5.74) is 1.08. The van der Waals surface area contributed by atoms with E-state index in [9.17, 15) is 0 Å². The van der Waals surface area contributed by atoms with Crippen molar-refractivity contribution in [3.63, 3.8) is 0 Å². The minimum atomic E-state index is 0.273. The van der Waals surface area contributed by atoms with Gasteiger partial charge in [0.2, 0.25) is 0 Å². The number of halogens is 2. The van der Waals surface area contributed by atoms with Crippen LogP contribution >= 0.6 is 23.2 Å². The third-order valence-corrected chi connectivity index (χ3v) is 3.54. The van der Waals surface area contributed by atoms with E-state index < -0.39 is 0 Å². The van der Waals surface area contributed by atoms with E-state index >= 15 is 0 Å². The Morgan fingerprint density at radius 1 is 1.41 bits per heavy atom. The normalized spacial score (nSPS) is 23.1. The van der Waals surface area contributed by atoms with Crippen molar-refractivity contribution in [3.8, 4) is 5.75 Å². The molecule has 1 N–H and O–H groups in total. The Balaban J connectivity index is 2.36. The predicted molar refractivity (Wildman–Crippen MR) is 72.2 cm³/mol. The smallest absolute Gasteiger partial charge is 0.142 e. The highest BCUT2D eigenvalue weighted by atomic mass is 35.5. The van der Waals surface area contributed by atoms with Crippen LogP contribution in [-0.2, 0) is 0 Å². The second kappa shape index (κ2) is 5.47. The average molecular weight is 274 g/mol. The van der Waals surface area contributed by atoms with Gasteiger partial charge in [0.05, 0.1) is 11.6 Å². The fraction of sp³-hybridized carbons (Fsp3) is 0.538. The van der Waals surface area contributed by atoms with Crippen LogP contribution in [0.1, 0.15) is 31.9 Å². The Hall–Kier alpha value is -0.440. The highest BCUT2D eigenvalue weighted by Gasteiger charge is 2.29. The quantitative estimate of drug-likeness (QED) is 0.897. The molecule has 0 amide bonds. The molecule has 0 spiro atoms. The van der Waals surface area contributed by atoms with E-state index in [0.29, 0.717) is 22.6 Å². The van der Waals surface area contributed by atoms with Gasteiger partial charge in [-0.1, -0.05) is 37.0 Å². The number of ether oxygens (including phenoxy) is 1. The number of hydrogen-bond acceptors (Lipinski definition) is 2. The van der Waals surface area contributed by atoms with E-state index in [-0.39, 0.29) is 6.04 Å². The standard InChI is InChI=1S/C13H17Cl2NO/c1-3-4-16-12-8(2)7-17-13-10(12)5-9(14)6-11(13)15/h5-6,8,12,16H,3-4,7H2,1-2H3. The molecule has 1 aliphatic rings. The summed E-state index contributed by atoms with van der Waals surface area (Å²) < 4.78 is 5.70. The van der Waals surface area contributed by atoms with Crippen LogP contribution in [0.15, 0.2) is 12.1 Å². The summed E-state index contributed by atoms with van der Waals surface area (Å²) >= 11 is 12.2. The topological polar surface area (TPSA) is 21.3 Å². The third kappa shape index (κ3) is 2.70. The van der Waals surface area contributed by atoms with Crippen LogP contribution in [0.5, 0.6) is 5.75 Å². The first-order valence-corrected chi connectivity index (χ1v) is 6.74. The van der Waals surface area contributed by atoms with Gasteiger partial charge in [-0.15, -0.1) is 0 Å². The van der Waals surface area contributed by atoms with Gasteiger partial charge in [0.1, 0.15) is 5.75 Å². The molecular weight excluding hydrogens is 257 g/mol. The van der Waals surface area contributed by atoms with E-state index in [1.807, 2.05) is 6.07 Å². The largest absolute Gasteiger partial charge is 0.491 e. The molecule has 0 radical (unpaired) electrons. The molecule has 0 saturated heterocycles. The summed E-state index contributed by atoms with van der Waals surface area (Å²) in [6.07, 6.45) is 1.10. The summed E-state index contributed by atoms with van der Waals surface area (Å²) in [5, 5.41) is 4.80. The van der Waals surface area contributed by atoms with Gasteiger partial charge in [-0.2, -0.15) is 0 Å². The van der Waals surface area contributed by atoms with E-state index in [1.54, 1.807) is 6.07 Å². The molecule has 4 heteroatoms. The highest BCUT2D eigenvalue weighted by Crippen LogP contribution is 2.41. The molecule has 0 aromatic heterocycles. The monoisotopic (exact) mass is 273 g/mol. The zero-order chi connectivity index (χ0) is 12.4. The Bertz CT molecular complexity index is 409. The summed E-state index contributed by atoms with van der Waals surface area (Å²) in [6.45, 7) is 6.00. The van der Waals surface area contributed by atoms with Crippen LogP contribution < -0.4 is 10.1 Å². The molecule has 1 heterocycles. The molecule has 2 atom stereocenters. The summed E-state index contributed by atoms with van der Waals surface area (Å²) in [4.78, 5) is 0. The van der Waals surface area contributed by atoms with Crippen molar-refractivity contribution in [3.05, 3.63) is 27.7 Å². The van der Waals surface area contributed by atoms with Crippen LogP contribution in [0, 0.1) is 5.92 Å². The maximum absolute atomic E-state index is 6.16. The molecule has 2 nitrogen and oxygen atoms in total. The van der Waals surface area contributed by atoms with Crippen LogP contribution in [0.4, 0.5) is 0 Å². The van der Waals surface area contributed by atoms with Crippen LogP contribution in [0.3, 0.4) is 0 Å². The molecule has 1 aromatic carbocycles. The second-order valence-electron chi connectivity index (χ2n) is 4.53.